The Morgan fingerprint density at radius 1 is 1.33 bits per heavy atom. The molecule has 3 rings (SSSR count). The van der Waals surface area contributed by atoms with Gasteiger partial charge in [-0.2, -0.15) is 0 Å². The van der Waals surface area contributed by atoms with Gasteiger partial charge < -0.3 is 19.3 Å². The summed E-state index contributed by atoms with van der Waals surface area (Å²) in [5.41, 5.74) is 0.554. The van der Waals surface area contributed by atoms with Crippen LogP contribution in [-0.4, -0.2) is 37.1 Å². The Labute approximate surface area is 123 Å². The second-order valence-electron chi connectivity index (χ2n) is 5.74. The molecule has 1 aromatic rings. The van der Waals surface area contributed by atoms with Crippen LogP contribution in [0.5, 0.6) is 5.75 Å². The lowest BCUT2D eigenvalue weighted by Gasteiger charge is -2.31. The first-order valence-electron chi connectivity index (χ1n) is 7.44. The Morgan fingerprint density at radius 2 is 2.05 bits per heavy atom. The van der Waals surface area contributed by atoms with E-state index in [9.17, 15) is 9.50 Å². The average Bonchev–Trinajstić information content (AvgIpc) is 2.83. The summed E-state index contributed by atoms with van der Waals surface area (Å²) in [6.07, 6.45) is 3.84. The van der Waals surface area contributed by atoms with Crippen molar-refractivity contribution in [3.63, 3.8) is 0 Å². The standard InChI is InChI=1S/C16H21FO4/c1-19-15-5-2-10(17)6-14(15)16(9-18)21-13-7-11-3-4-12(8-13)20-11/h2,5-6,11-13,16,18H,3-4,7-9H2,1H3/t11-,12+,13?,16-/m0/s1. The van der Waals surface area contributed by atoms with Gasteiger partial charge in [0.25, 0.3) is 0 Å². The zero-order valence-electron chi connectivity index (χ0n) is 12.1. The third-order valence-electron chi connectivity index (χ3n) is 4.31. The van der Waals surface area contributed by atoms with Gasteiger partial charge >= 0.3 is 0 Å². The van der Waals surface area contributed by atoms with Gasteiger partial charge in [-0.1, -0.05) is 0 Å². The summed E-state index contributed by atoms with van der Waals surface area (Å²) >= 11 is 0. The molecule has 0 radical (unpaired) electrons. The highest BCUT2D eigenvalue weighted by Gasteiger charge is 2.36. The average molecular weight is 296 g/mol. The highest BCUT2D eigenvalue weighted by Crippen LogP contribution is 2.37. The van der Waals surface area contributed by atoms with Gasteiger partial charge in [0.2, 0.25) is 0 Å². The van der Waals surface area contributed by atoms with E-state index in [4.69, 9.17) is 14.2 Å². The Kier molecular flexibility index (Phi) is 4.42. The summed E-state index contributed by atoms with van der Waals surface area (Å²) in [7, 11) is 1.53. The van der Waals surface area contributed by atoms with Crippen molar-refractivity contribution in [1.82, 2.24) is 0 Å². The predicted octanol–water partition coefficient (Wildman–Crippen LogP) is 2.59. The lowest BCUT2D eigenvalue weighted by atomic mass is 10.0. The summed E-state index contributed by atoms with van der Waals surface area (Å²) in [6.45, 7) is -0.202. The lowest BCUT2D eigenvalue weighted by molar-refractivity contribution is -0.115. The number of fused-ring (bicyclic) bond motifs is 2. The summed E-state index contributed by atoms with van der Waals surface area (Å²) in [5.74, 6) is 0.172. The molecule has 2 saturated heterocycles. The monoisotopic (exact) mass is 296 g/mol. The SMILES string of the molecule is COc1ccc(F)cc1[C@H](CO)OC1C[C@H]2CC[C@@H](C1)O2. The van der Waals surface area contributed by atoms with E-state index >= 15 is 0 Å². The molecule has 0 saturated carbocycles. The van der Waals surface area contributed by atoms with Crippen LogP contribution in [0.15, 0.2) is 18.2 Å². The fourth-order valence-corrected chi connectivity index (χ4v) is 3.32. The Bertz CT molecular complexity index is 481. The molecule has 116 valence electrons. The number of rotatable bonds is 5. The number of aliphatic hydroxyl groups is 1. The first kappa shape index (κ1) is 14.8. The Hall–Kier alpha value is -1.17. The molecule has 0 aromatic heterocycles. The lowest BCUT2D eigenvalue weighted by Crippen LogP contribution is -2.32. The van der Waals surface area contributed by atoms with Crippen LogP contribution in [0.3, 0.4) is 0 Å². The summed E-state index contributed by atoms with van der Waals surface area (Å²) in [6, 6.07) is 4.27. The van der Waals surface area contributed by atoms with Gasteiger partial charge in [0.15, 0.2) is 0 Å². The minimum absolute atomic E-state index is 0.0429. The number of methoxy groups -OCH3 is 1. The molecule has 1 unspecified atom stereocenters. The third kappa shape index (κ3) is 3.20. The van der Waals surface area contributed by atoms with Gasteiger partial charge in [0, 0.05) is 5.56 Å². The fraction of sp³-hybridized carbons (Fsp3) is 0.625. The van der Waals surface area contributed by atoms with E-state index in [1.165, 1.54) is 19.2 Å². The van der Waals surface area contributed by atoms with Gasteiger partial charge in [-0.05, 0) is 43.9 Å². The Balaban J connectivity index is 1.74. The molecule has 2 bridgehead atoms. The molecule has 4 nitrogen and oxygen atoms in total. The van der Waals surface area contributed by atoms with Crippen molar-refractivity contribution < 1.29 is 23.7 Å². The van der Waals surface area contributed by atoms with Crippen molar-refractivity contribution in [1.29, 1.82) is 0 Å². The largest absolute Gasteiger partial charge is 0.496 e. The smallest absolute Gasteiger partial charge is 0.124 e. The van der Waals surface area contributed by atoms with E-state index in [1.54, 1.807) is 6.07 Å². The number of hydrogen-bond donors (Lipinski definition) is 1. The summed E-state index contributed by atoms with van der Waals surface area (Å²) < 4.78 is 30.5. The second kappa shape index (κ2) is 6.30. The van der Waals surface area contributed by atoms with Gasteiger partial charge in [-0.15, -0.1) is 0 Å². The molecule has 2 heterocycles. The van der Waals surface area contributed by atoms with Gasteiger partial charge in [0.05, 0.1) is 32.0 Å². The van der Waals surface area contributed by atoms with Crippen LogP contribution in [0, 0.1) is 5.82 Å². The number of benzene rings is 1. The molecule has 2 aliphatic heterocycles. The maximum absolute atomic E-state index is 13.5. The fourth-order valence-electron chi connectivity index (χ4n) is 3.32. The highest BCUT2D eigenvalue weighted by molar-refractivity contribution is 5.36. The first-order valence-corrected chi connectivity index (χ1v) is 7.44. The van der Waals surface area contributed by atoms with Crippen molar-refractivity contribution in [3.8, 4) is 5.75 Å². The molecular formula is C16H21FO4. The van der Waals surface area contributed by atoms with Crippen molar-refractivity contribution in [2.24, 2.45) is 0 Å². The topological polar surface area (TPSA) is 47.9 Å². The maximum Gasteiger partial charge on any atom is 0.124 e. The molecule has 21 heavy (non-hydrogen) atoms. The van der Waals surface area contributed by atoms with E-state index < -0.39 is 6.10 Å². The molecule has 5 heteroatoms. The molecule has 2 aliphatic rings. The van der Waals surface area contributed by atoms with Gasteiger partial charge in [-0.3, -0.25) is 0 Å². The number of halogens is 1. The van der Waals surface area contributed by atoms with Crippen LogP contribution in [0.1, 0.15) is 37.4 Å². The molecule has 4 atom stereocenters. The highest BCUT2D eigenvalue weighted by atomic mass is 19.1. The predicted molar refractivity (Wildman–Crippen MR) is 74.8 cm³/mol. The third-order valence-corrected chi connectivity index (χ3v) is 4.31. The van der Waals surface area contributed by atoms with E-state index in [0.717, 1.165) is 25.7 Å². The molecule has 2 fully saturated rings. The van der Waals surface area contributed by atoms with Crippen molar-refractivity contribution in [2.45, 2.75) is 50.1 Å². The molecule has 1 aromatic carbocycles. The van der Waals surface area contributed by atoms with Crippen LogP contribution >= 0.6 is 0 Å². The van der Waals surface area contributed by atoms with Gasteiger partial charge in [-0.25, -0.2) is 4.39 Å². The zero-order valence-corrected chi connectivity index (χ0v) is 12.1. The van der Waals surface area contributed by atoms with Crippen LogP contribution < -0.4 is 4.74 Å². The first-order chi connectivity index (χ1) is 10.2. The summed E-state index contributed by atoms with van der Waals surface area (Å²) in [5, 5.41) is 9.63. The van der Waals surface area contributed by atoms with Crippen molar-refractivity contribution >= 4 is 0 Å². The molecule has 0 amide bonds. The minimum atomic E-state index is -0.571. The van der Waals surface area contributed by atoms with E-state index in [-0.39, 0.29) is 30.7 Å². The van der Waals surface area contributed by atoms with E-state index in [1.807, 2.05) is 0 Å². The Morgan fingerprint density at radius 3 is 2.67 bits per heavy atom. The van der Waals surface area contributed by atoms with Crippen LogP contribution in [0.2, 0.25) is 0 Å². The number of hydrogen-bond acceptors (Lipinski definition) is 4. The summed E-state index contributed by atoms with van der Waals surface area (Å²) in [4.78, 5) is 0. The molecular weight excluding hydrogens is 275 g/mol. The zero-order chi connectivity index (χ0) is 14.8. The van der Waals surface area contributed by atoms with Gasteiger partial charge in [0.1, 0.15) is 17.7 Å². The number of aliphatic hydroxyl groups excluding tert-OH is 1. The number of ether oxygens (including phenoxy) is 3. The molecule has 0 aliphatic carbocycles. The van der Waals surface area contributed by atoms with E-state index in [0.29, 0.717) is 11.3 Å². The van der Waals surface area contributed by atoms with E-state index in [2.05, 4.69) is 0 Å². The van der Waals surface area contributed by atoms with Crippen molar-refractivity contribution in [2.75, 3.05) is 13.7 Å². The van der Waals surface area contributed by atoms with Crippen LogP contribution in [0.25, 0.3) is 0 Å². The van der Waals surface area contributed by atoms with Crippen molar-refractivity contribution in [3.05, 3.63) is 29.6 Å². The second-order valence-corrected chi connectivity index (χ2v) is 5.74. The maximum atomic E-state index is 13.5. The minimum Gasteiger partial charge on any atom is -0.496 e. The van der Waals surface area contributed by atoms with Crippen LogP contribution in [-0.2, 0) is 9.47 Å². The quantitative estimate of drug-likeness (QED) is 0.907. The normalized spacial score (nSPS) is 29.4. The molecule has 0 spiro atoms. The molecule has 1 N–H and O–H groups in total. The van der Waals surface area contributed by atoms with Crippen LogP contribution in [0.4, 0.5) is 4.39 Å².